The average molecular weight is 186 g/mol. The molecule has 0 amide bonds. The molecule has 1 aliphatic rings. The number of hydrogen-bond donors (Lipinski definition) is 0. The van der Waals surface area contributed by atoms with Gasteiger partial charge in [-0.25, -0.2) is 5.12 Å². The van der Waals surface area contributed by atoms with Gasteiger partial charge in [-0.3, -0.25) is 0 Å². The molecule has 0 aliphatic carbocycles. The molecule has 0 N–H and O–H groups in total. The van der Waals surface area contributed by atoms with Crippen molar-refractivity contribution in [1.29, 1.82) is 0 Å². The van der Waals surface area contributed by atoms with Crippen LogP contribution in [0.25, 0.3) is 0 Å². The lowest BCUT2D eigenvalue weighted by Gasteiger charge is -2.22. The summed E-state index contributed by atoms with van der Waals surface area (Å²) < 4.78 is 13.1. The van der Waals surface area contributed by atoms with Gasteiger partial charge in [-0.2, -0.15) is 0 Å². The van der Waals surface area contributed by atoms with Gasteiger partial charge in [-0.1, -0.05) is 16.1 Å². The topological polar surface area (TPSA) is 3.24 Å². The highest BCUT2D eigenvalue weighted by Crippen LogP contribution is 2.29. The van der Waals surface area contributed by atoms with E-state index >= 15 is 0 Å². The fourth-order valence-corrected chi connectivity index (χ4v) is 1.71. The molecule has 1 aromatic rings. The van der Waals surface area contributed by atoms with Crippen molar-refractivity contribution in [2.24, 2.45) is 0 Å². The molecule has 0 saturated heterocycles. The summed E-state index contributed by atoms with van der Waals surface area (Å²) in [7, 11) is 0. The molecule has 0 unspecified atom stereocenters. The van der Waals surface area contributed by atoms with Gasteiger partial charge in [0.05, 0.1) is 12.2 Å². The number of hydrogen-bond acceptors (Lipinski definition) is 1. The van der Waals surface area contributed by atoms with Gasteiger partial charge < -0.3 is 0 Å². The zero-order chi connectivity index (χ0) is 8.55. The predicted molar refractivity (Wildman–Crippen MR) is 48.2 cm³/mol. The van der Waals surface area contributed by atoms with Gasteiger partial charge in [-0.05, 0) is 36.6 Å². The summed E-state index contributed by atoms with van der Waals surface area (Å²) in [5.41, 5.74) is 1.68. The van der Waals surface area contributed by atoms with Crippen LogP contribution in [0.5, 0.6) is 0 Å². The summed E-state index contributed by atoms with van der Waals surface area (Å²) >= 11 is 5.78. The molecule has 64 valence electrons. The van der Waals surface area contributed by atoms with E-state index in [0.29, 0.717) is 17.3 Å². The van der Waals surface area contributed by atoms with E-state index in [4.69, 9.17) is 11.6 Å². The van der Waals surface area contributed by atoms with Crippen molar-refractivity contribution in [3.63, 3.8) is 0 Å². The van der Waals surface area contributed by atoms with E-state index in [0.717, 1.165) is 23.5 Å². The van der Waals surface area contributed by atoms with Crippen molar-refractivity contribution < 1.29 is 4.48 Å². The first-order valence-corrected chi connectivity index (χ1v) is 4.37. The molecule has 3 heteroatoms. The minimum Gasteiger partial charge on any atom is -0.212 e. The third-order valence-electron chi connectivity index (χ3n) is 2.10. The Morgan fingerprint density at radius 3 is 3.08 bits per heavy atom. The van der Waals surface area contributed by atoms with Crippen LogP contribution in [-0.4, -0.2) is 6.54 Å². The second kappa shape index (κ2) is 2.94. The van der Waals surface area contributed by atoms with Crippen LogP contribution in [0.15, 0.2) is 18.2 Å². The Morgan fingerprint density at radius 1 is 1.42 bits per heavy atom. The van der Waals surface area contributed by atoms with Crippen molar-refractivity contribution in [3.8, 4) is 0 Å². The van der Waals surface area contributed by atoms with Crippen molar-refractivity contribution in [3.05, 3.63) is 28.8 Å². The second-order valence-electron chi connectivity index (χ2n) is 2.96. The third kappa shape index (κ3) is 1.27. The Bertz CT molecular complexity index is 301. The molecule has 0 atom stereocenters. The molecular formula is C9H9ClFN. The van der Waals surface area contributed by atoms with Crippen molar-refractivity contribution in [1.82, 2.24) is 0 Å². The highest BCUT2D eigenvalue weighted by molar-refractivity contribution is 6.30. The van der Waals surface area contributed by atoms with Crippen LogP contribution >= 0.6 is 11.6 Å². The summed E-state index contributed by atoms with van der Waals surface area (Å²) in [5, 5.41) is 1.47. The number of rotatable bonds is 0. The normalized spacial score (nSPS) is 16.0. The second-order valence-corrected chi connectivity index (χ2v) is 3.40. The van der Waals surface area contributed by atoms with Crippen LogP contribution in [-0.2, 0) is 6.42 Å². The number of benzene rings is 1. The van der Waals surface area contributed by atoms with Crippen LogP contribution in [0, 0.1) is 0 Å². The number of anilines is 1. The fourth-order valence-electron chi connectivity index (χ4n) is 1.52. The maximum absolute atomic E-state index is 13.1. The Morgan fingerprint density at radius 2 is 2.25 bits per heavy atom. The van der Waals surface area contributed by atoms with E-state index in [9.17, 15) is 4.48 Å². The smallest absolute Gasteiger partial charge is 0.0720 e. The molecule has 0 aromatic heterocycles. The summed E-state index contributed by atoms with van der Waals surface area (Å²) in [5.74, 6) is 0. The minimum absolute atomic E-state index is 0.495. The summed E-state index contributed by atoms with van der Waals surface area (Å²) in [4.78, 5) is 0. The van der Waals surface area contributed by atoms with Crippen LogP contribution < -0.4 is 5.12 Å². The van der Waals surface area contributed by atoms with E-state index < -0.39 is 0 Å². The van der Waals surface area contributed by atoms with Crippen LogP contribution in [0.1, 0.15) is 12.0 Å². The molecule has 1 nitrogen and oxygen atoms in total. The van der Waals surface area contributed by atoms with Crippen molar-refractivity contribution >= 4 is 17.3 Å². The van der Waals surface area contributed by atoms with Crippen LogP contribution in [0.4, 0.5) is 10.2 Å². The molecule has 0 bridgehead atoms. The maximum Gasteiger partial charge on any atom is 0.0720 e. The van der Waals surface area contributed by atoms with Crippen LogP contribution in [0.3, 0.4) is 0 Å². The van der Waals surface area contributed by atoms with E-state index in [-0.39, 0.29) is 0 Å². The molecule has 0 radical (unpaired) electrons. The molecule has 0 fully saturated rings. The van der Waals surface area contributed by atoms with Gasteiger partial charge in [-0.15, -0.1) is 0 Å². The fraction of sp³-hybridized carbons (Fsp3) is 0.333. The lowest BCUT2D eigenvalue weighted by molar-refractivity contribution is 0.415. The Balaban J connectivity index is 2.46. The summed E-state index contributed by atoms with van der Waals surface area (Å²) in [6.45, 7) is 0.495. The predicted octanol–water partition coefficient (Wildman–Crippen LogP) is 2.98. The maximum atomic E-state index is 13.1. The van der Waals surface area contributed by atoms with Gasteiger partial charge in [0.15, 0.2) is 0 Å². The van der Waals surface area contributed by atoms with E-state index in [2.05, 4.69) is 0 Å². The van der Waals surface area contributed by atoms with Crippen molar-refractivity contribution in [2.45, 2.75) is 12.8 Å². The minimum atomic E-state index is 0.495. The zero-order valence-corrected chi connectivity index (χ0v) is 7.31. The molecule has 0 spiro atoms. The van der Waals surface area contributed by atoms with E-state index in [1.54, 1.807) is 12.1 Å². The van der Waals surface area contributed by atoms with Crippen LogP contribution in [0.2, 0.25) is 5.02 Å². The highest BCUT2D eigenvalue weighted by Gasteiger charge is 2.15. The molecule has 1 heterocycles. The van der Waals surface area contributed by atoms with Gasteiger partial charge in [0.1, 0.15) is 0 Å². The Kier molecular flexibility index (Phi) is 1.93. The molecule has 0 saturated carbocycles. The monoisotopic (exact) mass is 185 g/mol. The molecule has 12 heavy (non-hydrogen) atoms. The lowest BCUT2D eigenvalue weighted by Crippen LogP contribution is -2.20. The van der Waals surface area contributed by atoms with Gasteiger partial charge >= 0.3 is 0 Å². The number of nitrogens with zero attached hydrogens (tertiary/aromatic N) is 1. The van der Waals surface area contributed by atoms with Gasteiger partial charge in [0, 0.05) is 5.02 Å². The standard InChI is InChI=1S/C9H9ClFN/c10-8-3-4-9-7(6-8)2-1-5-12(9)11/h3-4,6H,1-2,5H2. The third-order valence-corrected chi connectivity index (χ3v) is 2.34. The Hall–Kier alpha value is -0.760. The summed E-state index contributed by atoms with van der Waals surface area (Å²) in [6, 6.07) is 5.29. The van der Waals surface area contributed by atoms with E-state index in [1.807, 2.05) is 6.07 Å². The first-order valence-electron chi connectivity index (χ1n) is 3.99. The SMILES string of the molecule is FN1CCCc2cc(Cl)ccc21. The first-order chi connectivity index (χ1) is 5.77. The van der Waals surface area contributed by atoms with E-state index in [1.165, 1.54) is 0 Å². The number of aryl methyl sites for hydroxylation is 1. The zero-order valence-electron chi connectivity index (χ0n) is 6.56. The van der Waals surface area contributed by atoms with Crippen molar-refractivity contribution in [2.75, 3.05) is 11.7 Å². The number of halogens is 2. The quantitative estimate of drug-likeness (QED) is 0.562. The van der Waals surface area contributed by atoms with Gasteiger partial charge in [0.2, 0.25) is 0 Å². The molecule has 2 rings (SSSR count). The average Bonchev–Trinajstić information content (AvgIpc) is 2.04. The lowest BCUT2D eigenvalue weighted by atomic mass is 10.0. The Labute approximate surface area is 75.7 Å². The molecule has 1 aromatic carbocycles. The molecular weight excluding hydrogens is 177 g/mol. The van der Waals surface area contributed by atoms with Gasteiger partial charge in [0.25, 0.3) is 0 Å². The largest absolute Gasteiger partial charge is 0.212 e. The number of fused-ring (bicyclic) bond motifs is 1. The first kappa shape index (κ1) is 7.87. The molecule has 1 aliphatic heterocycles. The summed E-state index contributed by atoms with van der Waals surface area (Å²) in [6.07, 6.45) is 1.79. The highest BCUT2D eigenvalue weighted by atomic mass is 35.5.